The summed E-state index contributed by atoms with van der Waals surface area (Å²) in [6.07, 6.45) is 6.74. The van der Waals surface area contributed by atoms with Gasteiger partial charge in [-0.25, -0.2) is 4.79 Å². The number of carbonyl (C=O) groups excluding carboxylic acids is 1. The number of likely N-dealkylation sites (tertiary alicyclic amines) is 1. The van der Waals surface area contributed by atoms with Crippen molar-refractivity contribution >= 4 is 5.97 Å². The number of benzene rings is 1. The lowest BCUT2D eigenvalue weighted by atomic mass is 9.94. The molecule has 1 aliphatic carbocycles. The molecule has 25 heavy (non-hydrogen) atoms. The van der Waals surface area contributed by atoms with Crippen molar-refractivity contribution in [2.75, 3.05) is 19.6 Å². The summed E-state index contributed by atoms with van der Waals surface area (Å²) in [6.45, 7) is 3.16. The Kier molecular flexibility index (Phi) is 4.79. The minimum atomic E-state index is -0.229. The van der Waals surface area contributed by atoms with Gasteiger partial charge in [-0.05, 0) is 37.0 Å². The number of nitrogens with zero attached hydrogens (tertiary/aromatic N) is 2. The molecule has 130 valence electrons. The maximum Gasteiger partial charge on any atom is 0.339 e. The van der Waals surface area contributed by atoms with Gasteiger partial charge in [0.1, 0.15) is 6.10 Å². The zero-order valence-corrected chi connectivity index (χ0v) is 14.4. The fraction of sp³-hybridized carbons (Fsp3) is 0.429. The van der Waals surface area contributed by atoms with Gasteiger partial charge >= 0.3 is 5.97 Å². The molecule has 1 aromatic heterocycles. The minimum Gasteiger partial charge on any atom is -0.458 e. The third kappa shape index (κ3) is 3.74. The predicted octanol–water partition coefficient (Wildman–Crippen LogP) is 3.19. The quantitative estimate of drug-likeness (QED) is 0.787. The third-order valence-corrected chi connectivity index (χ3v) is 5.52. The summed E-state index contributed by atoms with van der Waals surface area (Å²) < 4.78 is 5.87. The molecule has 3 atom stereocenters. The van der Waals surface area contributed by atoms with E-state index in [4.69, 9.17) is 4.74 Å². The number of esters is 1. The molecule has 1 saturated carbocycles. The van der Waals surface area contributed by atoms with E-state index in [-0.39, 0.29) is 12.1 Å². The van der Waals surface area contributed by atoms with Gasteiger partial charge in [-0.15, -0.1) is 0 Å². The number of ether oxygens (including phenoxy) is 1. The van der Waals surface area contributed by atoms with Crippen LogP contribution in [0.2, 0.25) is 0 Å². The Morgan fingerprint density at radius 1 is 1.08 bits per heavy atom. The SMILES string of the molecule is O=C(OC1[C@@H]2CC[C@H]1CN(CCc1ccccc1)C2)c1cccnc1. The van der Waals surface area contributed by atoms with E-state index >= 15 is 0 Å². The molecule has 2 fully saturated rings. The molecule has 1 aromatic carbocycles. The Morgan fingerprint density at radius 2 is 1.84 bits per heavy atom. The Labute approximate surface area is 148 Å². The van der Waals surface area contributed by atoms with Gasteiger partial charge in [-0.1, -0.05) is 30.3 Å². The van der Waals surface area contributed by atoms with Crippen molar-refractivity contribution in [1.82, 2.24) is 9.88 Å². The second-order valence-corrected chi connectivity index (χ2v) is 7.20. The van der Waals surface area contributed by atoms with Gasteiger partial charge < -0.3 is 9.64 Å². The van der Waals surface area contributed by atoms with E-state index in [2.05, 4.69) is 40.2 Å². The first kappa shape index (κ1) is 16.3. The third-order valence-electron chi connectivity index (χ3n) is 5.52. The number of rotatable bonds is 5. The number of pyridine rings is 1. The van der Waals surface area contributed by atoms with E-state index in [0.29, 0.717) is 17.4 Å². The molecule has 2 aliphatic rings. The van der Waals surface area contributed by atoms with Gasteiger partial charge in [0.05, 0.1) is 5.56 Å². The van der Waals surface area contributed by atoms with E-state index in [9.17, 15) is 4.79 Å². The molecule has 1 unspecified atom stereocenters. The minimum absolute atomic E-state index is 0.0701. The maximum absolute atomic E-state index is 12.3. The van der Waals surface area contributed by atoms with Crippen LogP contribution in [0.25, 0.3) is 0 Å². The molecule has 4 heteroatoms. The molecular weight excluding hydrogens is 312 g/mol. The Morgan fingerprint density at radius 3 is 2.52 bits per heavy atom. The van der Waals surface area contributed by atoms with Gasteiger partial charge in [0.2, 0.25) is 0 Å². The summed E-state index contributed by atoms with van der Waals surface area (Å²) in [7, 11) is 0. The fourth-order valence-corrected chi connectivity index (χ4v) is 4.25. The van der Waals surface area contributed by atoms with Crippen molar-refractivity contribution in [3.8, 4) is 0 Å². The second-order valence-electron chi connectivity index (χ2n) is 7.20. The van der Waals surface area contributed by atoms with E-state index in [0.717, 1.165) is 38.9 Å². The van der Waals surface area contributed by atoms with Crippen LogP contribution in [0.5, 0.6) is 0 Å². The summed E-state index contributed by atoms with van der Waals surface area (Å²) in [5, 5.41) is 0. The lowest BCUT2D eigenvalue weighted by Gasteiger charge is -2.37. The average molecular weight is 336 g/mol. The maximum atomic E-state index is 12.3. The molecule has 4 rings (SSSR count). The van der Waals surface area contributed by atoms with Crippen LogP contribution < -0.4 is 0 Å². The van der Waals surface area contributed by atoms with E-state index in [1.165, 1.54) is 5.56 Å². The Balaban J connectivity index is 1.33. The highest BCUT2D eigenvalue weighted by Gasteiger charge is 2.44. The van der Waals surface area contributed by atoms with E-state index in [1.807, 2.05) is 0 Å². The number of piperidine rings is 1. The molecule has 2 bridgehead atoms. The standard InChI is InChI=1S/C21H24N2O2/c24-21(17-7-4-11-22-13-17)25-20-18-8-9-19(20)15-23(14-18)12-10-16-5-2-1-3-6-16/h1-7,11,13,18-20H,8-10,12,14-15H2/t18-,19+,20?. The van der Waals surface area contributed by atoms with Crippen LogP contribution in [-0.2, 0) is 11.2 Å². The zero-order valence-electron chi connectivity index (χ0n) is 14.4. The molecule has 0 radical (unpaired) electrons. The zero-order chi connectivity index (χ0) is 17.1. The van der Waals surface area contributed by atoms with Crippen molar-refractivity contribution in [2.24, 2.45) is 11.8 Å². The summed E-state index contributed by atoms with van der Waals surface area (Å²) >= 11 is 0. The Hall–Kier alpha value is -2.20. The summed E-state index contributed by atoms with van der Waals surface area (Å²) in [6, 6.07) is 14.2. The van der Waals surface area contributed by atoms with Gasteiger partial charge in [0.25, 0.3) is 0 Å². The van der Waals surface area contributed by atoms with E-state index in [1.54, 1.807) is 24.5 Å². The molecule has 1 saturated heterocycles. The first-order chi connectivity index (χ1) is 12.3. The van der Waals surface area contributed by atoms with Gasteiger partial charge in [0.15, 0.2) is 0 Å². The van der Waals surface area contributed by atoms with Crippen LogP contribution in [0.3, 0.4) is 0 Å². The van der Waals surface area contributed by atoms with Gasteiger partial charge in [0, 0.05) is 43.9 Å². The van der Waals surface area contributed by atoms with Gasteiger partial charge in [-0.3, -0.25) is 4.98 Å². The molecule has 0 N–H and O–H groups in total. The fourth-order valence-electron chi connectivity index (χ4n) is 4.25. The molecule has 0 amide bonds. The number of hydrogen-bond donors (Lipinski definition) is 0. The molecule has 4 nitrogen and oxygen atoms in total. The molecule has 2 aromatic rings. The van der Waals surface area contributed by atoms with Crippen molar-refractivity contribution in [3.05, 3.63) is 66.0 Å². The number of aromatic nitrogens is 1. The highest BCUT2D eigenvalue weighted by molar-refractivity contribution is 5.89. The average Bonchev–Trinajstić information content (AvgIpc) is 2.90. The predicted molar refractivity (Wildman–Crippen MR) is 96.2 cm³/mol. The summed E-state index contributed by atoms with van der Waals surface area (Å²) in [4.78, 5) is 18.9. The van der Waals surface area contributed by atoms with Crippen LogP contribution in [0.1, 0.15) is 28.8 Å². The first-order valence-corrected chi connectivity index (χ1v) is 9.17. The largest absolute Gasteiger partial charge is 0.458 e. The van der Waals surface area contributed by atoms with Crippen molar-refractivity contribution < 1.29 is 9.53 Å². The normalized spacial score (nSPS) is 25.7. The van der Waals surface area contributed by atoms with Crippen LogP contribution in [0.4, 0.5) is 0 Å². The first-order valence-electron chi connectivity index (χ1n) is 9.17. The smallest absolute Gasteiger partial charge is 0.339 e. The van der Waals surface area contributed by atoms with Crippen LogP contribution in [0.15, 0.2) is 54.9 Å². The van der Waals surface area contributed by atoms with Crippen molar-refractivity contribution in [1.29, 1.82) is 0 Å². The monoisotopic (exact) mass is 336 g/mol. The topological polar surface area (TPSA) is 42.4 Å². The second kappa shape index (κ2) is 7.36. The number of carbonyl (C=O) groups is 1. The van der Waals surface area contributed by atoms with Crippen molar-refractivity contribution in [2.45, 2.75) is 25.4 Å². The molecular formula is C21H24N2O2. The lowest BCUT2D eigenvalue weighted by Crippen LogP contribution is -2.47. The van der Waals surface area contributed by atoms with Crippen molar-refractivity contribution in [3.63, 3.8) is 0 Å². The molecule has 2 heterocycles. The van der Waals surface area contributed by atoms with Crippen LogP contribution >= 0.6 is 0 Å². The van der Waals surface area contributed by atoms with Crippen LogP contribution in [-0.4, -0.2) is 41.6 Å². The Bertz CT molecular complexity index is 690. The highest BCUT2D eigenvalue weighted by Crippen LogP contribution is 2.39. The number of hydrogen-bond acceptors (Lipinski definition) is 4. The summed E-state index contributed by atoms with van der Waals surface area (Å²) in [5.41, 5.74) is 1.94. The molecule has 1 aliphatic heterocycles. The molecule has 0 spiro atoms. The highest BCUT2D eigenvalue weighted by atomic mass is 16.5. The number of fused-ring (bicyclic) bond motifs is 2. The van der Waals surface area contributed by atoms with E-state index < -0.39 is 0 Å². The lowest BCUT2D eigenvalue weighted by molar-refractivity contribution is -0.0210. The summed E-state index contributed by atoms with van der Waals surface area (Å²) in [5.74, 6) is 0.707. The van der Waals surface area contributed by atoms with Crippen LogP contribution in [0, 0.1) is 11.8 Å². The van der Waals surface area contributed by atoms with Gasteiger partial charge in [-0.2, -0.15) is 0 Å².